The number of hydrogen-bond donors (Lipinski definition) is 1. The molecule has 34 heavy (non-hydrogen) atoms. The lowest BCUT2D eigenvalue weighted by Gasteiger charge is -2.31. The Morgan fingerprint density at radius 3 is 2.38 bits per heavy atom. The monoisotopic (exact) mass is 460 g/mol. The minimum Gasteiger partial charge on any atom is -0.466 e. The first-order valence-electron chi connectivity index (χ1n) is 12.6. The van der Waals surface area contributed by atoms with Crippen molar-refractivity contribution in [2.75, 3.05) is 32.8 Å². The van der Waals surface area contributed by atoms with Crippen LogP contribution in [-0.2, 0) is 19.7 Å². The van der Waals surface area contributed by atoms with E-state index >= 15 is 0 Å². The van der Waals surface area contributed by atoms with Gasteiger partial charge in [0, 0.05) is 19.6 Å². The predicted octanol–water partition coefficient (Wildman–Crippen LogP) is 4.70. The second kappa shape index (κ2) is 11.0. The van der Waals surface area contributed by atoms with Gasteiger partial charge >= 0.3 is 5.97 Å². The fourth-order valence-electron chi connectivity index (χ4n) is 5.43. The summed E-state index contributed by atoms with van der Waals surface area (Å²) < 4.78 is 5.23. The standard InChI is InChI=1S/C29H36N2O3/c1-3-18-30-28(33)29(25-15-7-5-13-23(25)24-14-6-8-16-26(24)29)17-9-10-19-31-20-11-12-22(21-31)27(32)34-4-2/h5-10,13-16,22H,3-4,11-12,17-21H2,1-2H3,(H,30,33). The molecule has 1 heterocycles. The van der Waals surface area contributed by atoms with E-state index in [9.17, 15) is 9.59 Å². The number of allylic oxidation sites excluding steroid dienone is 1. The molecule has 1 amide bonds. The van der Waals surface area contributed by atoms with Crippen molar-refractivity contribution >= 4 is 11.9 Å². The molecule has 0 radical (unpaired) electrons. The van der Waals surface area contributed by atoms with Crippen LogP contribution in [0.5, 0.6) is 0 Å². The van der Waals surface area contributed by atoms with Crippen LogP contribution in [0.25, 0.3) is 11.1 Å². The molecule has 1 atom stereocenters. The second-order valence-corrected chi connectivity index (χ2v) is 9.28. The third-order valence-electron chi connectivity index (χ3n) is 7.07. The Balaban J connectivity index is 1.55. The van der Waals surface area contributed by atoms with Crippen molar-refractivity contribution in [3.8, 4) is 11.1 Å². The van der Waals surface area contributed by atoms with Crippen LogP contribution in [0.1, 0.15) is 50.7 Å². The van der Waals surface area contributed by atoms with Gasteiger partial charge in [-0.1, -0.05) is 67.6 Å². The Morgan fingerprint density at radius 2 is 1.74 bits per heavy atom. The number of amides is 1. The topological polar surface area (TPSA) is 58.6 Å². The van der Waals surface area contributed by atoms with E-state index in [1.165, 1.54) is 0 Å². The van der Waals surface area contributed by atoms with E-state index in [2.05, 4.69) is 53.6 Å². The van der Waals surface area contributed by atoms with E-state index in [4.69, 9.17) is 4.74 Å². The van der Waals surface area contributed by atoms with Crippen LogP contribution in [0.4, 0.5) is 0 Å². The fourth-order valence-corrected chi connectivity index (χ4v) is 5.43. The maximum absolute atomic E-state index is 13.7. The number of esters is 1. The van der Waals surface area contributed by atoms with Crippen LogP contribution in [0.3, 0.4) is 0 Å². The van der Waals surface area contributed by atoms with E-state index in [0.29, 0.717) is 19.6 Å². The summed E-state index contributed by atoms with van der Waals surface area (Å²) in [4.78, 5) is 28.2. The number of nitrogens with zero attached hydrogens (tertiary/aromatic N) is 1. The van der Waals surface area contributed by atoms with Gasteiger partial charge in [-0.3, -0.25) is 14.5 Å². The number of likely N-dealkylation sites (tertiary alicyclic amines) is 1. The molecule has 0 spiro atoms. The van der Waals surface area contributed by atoms with Gasteiger partial charge in [-0.25, -0.2) is 0 Å². The van der Waals surface area contributed by atoms with Gasteiger partial charge in [0.25, 0.3) is 0 Å². The molecule has 0 aromatic heterocycles. The van der Waals surface area contributed by atoms with Crippen molar-refractivity contribution in [2.24, 2.45) is 5.92 Å². The van der Waals surface area contributed by atoms with Gasteiger partial charge in [-0.15, -0.1) is 0 Å². The summed E-state index contributed by atoms with van der Waals surface area (Å²) in [7, 11) is 0. The van der Waals surface area contributed by atoms with Gasteiger partial charge in [0.05, 0.1) is 12.5 Å². The molecule has 1 unspecified atom stereocenters. The van der Waals surface area contributed by atoms with Crippen molar-refractivity contribution < 1.29 is 14.3 Å². The maximum atomic E-state index is 13.7. The fraction of sp³-hybridized carbons (Fsp3) is 0.448. The Kier molecular flexibility index (Phi) is 7.84. The van der Waals surface area contributed by atoms with E-state index in [1.54, 1.807) is 0 Å². The first kappa shape index (κ1) is 24.2. The molecule has 1 fully saturated rings. The highest BCUT2D eigenvalue weighted by atomic mass is 16.5. The minimum atomic E-state index is -0.728. The average Bonchev–Trinajstić information content (AvgIpc) is 3.16. The summed E-state index contributed by atoms with van der Waals surface area (Å²) >= 11 is 0. The van der Waals surface area contributed by atoms with E-state index in [0.717, 1.165) is 61.2 Å². The summed E-state index contributed by atoms with van der Waals surface area (Å²) in [5, 5.41) is 3.18. The molecule has 1 N–H and O–H groups in total. The molecule has 0 bridgehead atoms. The smallest absolute Gasteiger partial charge is 0.310 e. The van der Waals surface area contributed by atoms with Gasteiger partial charge in [-0.05, 0) is 61.4 Å². The summed E-state index contributed by atoms with van der Waals surface area (Å²) in [6, 6.07) is 16.6. The summed E-state index contributed by atoms with van der Waals surface area (Å²) in [6.07, 6.45) is 7.71. The molecular weight excluding hydrogens is 424 g/mol. The van der Waals surface area contributed by atoms with Crippen molar-refractivity contribution in [1.82, 2.24) is 10.2 Å². The summed E-state index contributed by atoms with van der Waals surface area (Å²) in [5.41, 5.74) is 3.72. The molecule has 5 nitrogen and oxygen atoms in total. The third-order valence-corrected chi connectivity index (χ3v) is 7.07. The van der Waals surface area contributed by atoms with Crippen LogP contribution in [0.2, 0.25) is 0 Å². The van der Waals surface area contributed by atoms with Crippen molar-refractivity contribution in [3.05, 3.63) is 71.8 Å². The zero-order chi connectivity index (χ0) is 24.0. The van der Waals surface area contributed by atoms with Gasteiger partial charge in [0.1, 0.15) is 5.41 Å². The van der Waals surface area contributed by atoms with Crippen LogP contribution >= 0.6 is 0 Å². The Bertz CT molecular complexity index is 1000. The number of ether oxygens (including phenoxy) is 1. The van der Waals surface area contributed by atoms with Gasteiger partial charge < -0.3 is 10.1 Å². The Hall–Kier alpha value is -2.92. The van der Waals surface area contributed by atoms with Crippen LogP contribution in [0.15, 0.2) is 60.7 Å². The molecule has 5 heteroatoms. The molecule has 2 aromatic rings. The molecule has 4 rings (SSSR count). The quantitative estimate of drug-likeness (QED) is 0.435. The normalized spacial score (nSPS) is 18.9. The lowest BCUT2D eigenvalue weighted by atomic mass is 9.74. The average molecular weight is 461 g/mol. The van der Waals surface area contributed by atoms with Crippen LogP contribution in [0, 0.1) is 5.92 Å². The number of fused-ring (bicyclic) bond motifs is 3. The van der Waals surface area contributed by atoms with Gasteiger partial charge in [-0.2, -0.15) is 0 Å². The lowest BCUT2D eigenvalue weighted by Crippen LogP contribution is -2.44. The zero-order valence-electron chi connectivity index (χ0n) is 20.4. The SMILES string of the molecule is CCCNC(=O)C1(CC=CCN2CCCC(C(=O)OCC)C2)c2ccccc2-c2ccccc21. The molecule has 0 saturated carbocycles. The van der Waals surface area contributed by atoms with Gasteiger partial charge in [0.15, 0.2) is 0 Å². The van der Waals surface area contributed by atoms with Crippen LogP contribution in [-0.4, -0.2) is 49.6 Å². The largest absolute Gasteiger partial charge is 0.466 e. The third kappa shape index (κ3) is 4.67. The predicted molar refractivity (Wildman–Crippen MR) is 136 cm³/mol. The molecule has 180 valence electrons. The highest BCUT2D eigenvalue weighted by molar-refractivity contribution is 6.00. The maximum Gasteiger partial charge on any atom is 0.310 e. The van der Waals surface area contributed by atoms with Crippen molar-refractivity contribution in [1.29, 1.82) is 0 Å². The summed E-state index contributed by atoms with van der Waals surface area (Å²) in [6.45, 7) is 7.51. The second-order valence-electron chi connectivity index (χ2n) is 9.28. The first-order valence-corrected chi connectivity index (χ1v) is 12.6. The molecular formula is C29H36N2O3. The number of rotatable bonds is 9. The molecule has 2 aromatic carbocycles. The molecule has 1 saturated heterocycles. The number of carbonyl (C=O) groups is 2. The molecule has 2 aliphatic rings. The number of piperidine rings is 1. The number of carbonyl (C=O) groups excluding carboxylic acids is 2. The van der Waals surface area contributed by atoms with Gasteiger partial charge in [0.2, 0.25) is 5.91 Å². The molecule has 1 aliphatic carbocycles. The highest BCUT2D eigenvalue weighted by Crippen LogP contribution is 2.51. The van der Waals surface area contributed by atoms with E-state index in [-0.39, 0.29) is 17.8 Å². The number of benzene rings is 2. The first-order chi connectivity index (χ1) is 16.6. The lowest BCUT2D eigenvalue weighted by molar-refractivity contribution is -0.149. The highest BCUT2D eigenvalue weighted by Gasteiger charge is 2.47. The van der Waals surface area contributed by atoms with Crippen molar-refractivity contribution in [2.45, 2.75) is 44.9 Å². The van der Waals surface area contributed by atoms with Crippen LogP contribution < -0.4 is 5.32 Å². The van der Waals surface area contributed by atoms with E-state index < -0.39 is 5.41 Å². The molecule has 1 aliphatic heterocycles. The number of hydrogen-bond acceptors (Lipinski definition) is 4. The number of nitrogens with one attached hydrogen (secondary N) is 1. The summed E-state index contributed by atoms with van der Waals surface area (Å²) in [5.74, 6) is -0.0551. The Labute approximate surface area is 203 Å². The van der Waals surface area contributed by atoms with E-state index in [1.807, 2.05) is 31.2 Å². The minimum absolute atomic E-state index is 0.0400. The van der Waals surface area contributed by atoms with Crippen molar-refractivity contribution in [3.63, 3.8) is 0 Å². The Morgan fingerprint density at radius 1 is 1.06 bits per heavy atom. The zero-order valence-corrected chi connectivity index (χ0v) is 20.4.